The number of para-hydroxylation sites is 2. The van der Waals surface area contributed by atoms with Gasteiger partial charge in [0.15, 0.2) is 0 Å². The van der Waals surface area contributed by atoms with Crippen LogP contribution in [0.5, 0.6) is 5.75 Å². The molecule has 164 valence electrons. The van der Waals surface area contributed by atoms with Crippen LogP contribution in [0.25, 0.3) is 0 Å². The number of nitrogens with zero attached hydrogens (tertiary/aromatic N) is 4. The first-order chi connectivity index (χ1) is 15.1. The third kappa shape index (κ3) is 5.14. The minimum Gasteiger partial charge on any atom is -0.495 e. The Labute approximate surface area is 182 Å². The number of hydrogen-bond donors (Lipinski definition) is 0. The van der Waals surface area contributed by atoms with Gasteiger partial charge in [0.05, 0.1) is 23.4 Å². The van der Waals surface area contributed by atoms with Crippen LogP contribution in [0.3, 0.4) is 0 Å². The monoisotopic (exact) mass is 424 g/mol. The Bertz CT molecular complexity index is 941. The van der Waals surface area contributed by atoms with Crippen molar-refractivity contribution in [2.75, 3.05) is 44.7 Å². The molecule has 4 rings (SSSR count). The van der Waals surface area contributed by atoms with Crippen LogP contribution in [0.1, 0.15) is 24.8 Å². The predicted octanol–water partition coefficient (Wildman–Crippen LogP) is 3.70. The number of anilines is 1. The van der Waals surface area contributed by atoms with Gasteiger partial charge in [0.1, 0.15) is 11.9 Å². The average molecular weight is 425 g/mol. The van der Waals surface area contributed by atoms with Crippen molar-refractivity contribution in [2.45, 2.75) is 25.4 Å². The summed E-state index contributed by atoms with van der Waals surface area (Å²) < 4.78 is 5.49. The lowest BCUT2D eigenvalue weighted by Crippen LogP contribution is -2.46. The highest BCUT2D eigenvalue weighted by Crippen LogP contribution is 2.28. The van der Waals surface area contributed by atoms with Gasteiger partial charge in [0.25, 0.3) is 5.69 Å². The van der Waals surface area contributed by atoms with E-state index in [1.807, 2.05) is 18.2 Å². The van der Waals surface area contributed by atoms with Crippen LogP contribution in [0.4, 0.5) is 11.4 Å². The second kappa shape index (κ2) is 9.78. The maximum absolute atomic E-state index is 11.0. The molecule has 0 saturated carbocycles. The molecule has 2 aromatic carbocycles. The summed E-state index contributed by atoms with van der Waals surface area (Å²) in [5, 5.41) is 15.2. The van der Waals surface area contributed by atoms with E-state index in [0.717, 1.165) is 68.3 Å². The molecule has 0 aliphatic carbocycles. The zero-order valence-corrected chi connectivity index (χ0v) is 17.8. The molecule has 2 aromatic rings. The molecule has 1 atom stereocenters. The Morgan fingerprint density at radius 2 is 1.97 bits per heavy atom. The van der Waals surface area contributed by atoms with Gasteiger partial charge in [0, 0.05) is 50.3 Å². The second-order valence-electron chi connectivity index (χ2n) is 7.92. The van der Waals surface area contributed by atoms with Gasteiger partial charge < -0.3 is 14.5 Å². The zero-order valence-electron chi connectivity index (χ0n) is 17.8. The van der Waals surface area contributed by atoms with Crippen molar-refractivity contribution in [1.29, 1.82) is 0 Å². The fourth-order valence-electron chi connectivity index (χ4n) is 4.20. The highest BCUT2D eigenvalue weighted by atomic mass is 16.6. The van der Waals surface area contributed by atoms with Gasteiger partial charge in [-0.2, -0.15) is 0 Å². The third-order valence-corrected chi connectivity index (χ3v) is 5.92. The summed E-state index contributed by atoms with van der Waals surface area (Å²) in [5.41, 5.74) is 2.80. The first-order valence-corrected chi connectivity index (χ1v) is 10.7. The van der Waals surface area contributed by atoms with Crippen molar-refractivity contribution in [3.63, 3.8) is 0 Å². The number of non-ortho nitro benzene ring substituents is 1. The highest BCUT2D eigenvalue weighted by Gasteiger charge is 2.24. The summed E-state index contributed by atoms with van der Waals surface area (Å²) >= 11 is 0. The van der Waals surface area contributed by atoms with Gasteiger partial charge in [-0.1, -0.05) is 29.4 Å². The Morgan fingerprint density at radius 3 is 2.74 bits per heavy atom. The molecule has 2 heterocycles. The Morgan fingerprint density at radius 1 is 1.16 bits per heavy atom. The molecule has 8 heteroatoms. The summed E-state index contributed by atoms with van der Waals surface area (Å²) in [6, 6.07) is 14.8. The van der Waals surface area contributed by atoms with Crippen molar-refractivity contribution in [3.05, 3.63) is 64.2 Å². The van der Waals surface area contributed by atoms with E-state index in [-0.39, 0.29) is 16.7 Å². The summed E-state index contributed by atoms with van der Waals surface area (Å²) in [6.07, 6.45) is 2.71. The van der Waals surface area contributed by atoms with Gasteiger partial charge >= 0.3 is 0 Å². The lowest BCUT2D eigenvalue weighted by atomic mass is 10.0. The molecule has 31 heavy (non-hydrogen) atoms. The third-order valence-electron chi connectivity index (χ3n) is 5.92. The van der Waals surface area contributed by atoms with Crippen molar-refractivity contribution < 1.29 is 14.5 Å². The first kappa shape index (κ1) is 21.1. The topological polar surface area (TPSA) is 80.4 Å². The number of nitro groups is 1. The number of rotatable bonds is 8. The molecule has 0 amide bonds. The van der Waals surface area contributed by atoms with E-state index < -0.39 is 0 Å². The van der Waals surface area contributed by atoms with Crippen LogP contribution in [-0.4, -0.2) is 61.5 Å². The molecule has 2 aliphatic rings. The molecule has 1 saturated heterocycles. The number of ether oxygens (including phenoxy) is 1. The molecule has 0 bridgehead atoms. The van der Waals surface area contributed by atoms with E-state index >= 15 is 0 Å². The minimum atomic E-state index is -0.384. The van der Waals surface area contributed by atoms with Crippen LogP contribution in [0.2, 0.25) is 0 Å². The Kier molecular flexibility index (Phi) is 6.66. The molecule has 1 fully saturated rings. The molecule has 0 N–H and O–H groups in total. The number of hydrogen-bond acceptors (Lipinski definition) is 7. The summed E-state index contributed by atoms with van der Waals surface area (Å²) in [4.78, 5) is 21.1. The number of oxime groups is 1. The SMILES string of the molecule is COc1ccccc1N1CCN(CCCC2CC(c3cccc([N+](=O)[O-])c3)=NO2)CC1. The van der Waals surface area contributed by atoms with Crippen molar-refractivity contribution in [2.24, 2.45) is 5.16 Å². The smallest absolute Gasteiger partial charge is 0.270 e. The van der Waals surface area contributed by atoms with Gasteiger partial charge in [-0.05, 0) is 31.5 Å². The molecular formula is C23H28N4O4. The number of benzene rings is 2. The van der Waals surface area contributed by atoms with Gasteiger partial charge in [0.2, 0.25) is 0 Å². The van der Waals surface area contributed by atoms with Gasteiger partial charge in [-0.3, -0.25) is 15.0 Å². The average Bonchev–Trinajstić information content (AvgIpc) is 3.28. The van der Waals surface area contributed by atoms with E-state index in [9.17, 15) is 10.1 Å². The lowest BCUT2D eigenvalue weighted by Gasteiger charge is -2.36. The molecular weight excluding hydrogens is 396 g/mol. The molecule has 0 radical (unpaired) electrons. The molecule has 0 aromatic heterocycles. The van der Waals surface area contributed by atoms with Crippen LogP contribution < -0.4 is 9.64 Å². The van der Waals surface area contributed by atoms with Crippen molar-refractivity contribution in [1.82, 2.24) is 4.90 Å². The molecule has 1 unspecified atom stereocenters. The number of piperazine rings is 1. The minimum absolute atomic E-state index is 0.0455. The lowest BCUT2D eigenvalue weighted by molar-refractivity contribution is -0.384. The summed E-state index contributed by atoms with van der Waals surface area (Å²) in [6.45, 7) is 5.06. The maximum Gasteiger partial charge on any atom is 0.270 e. The summed E-state index contributed by atoms with van der Waals surface area (Å²) in [7, 11) is 1.72. The normalized spacial score (nSPS) is 19.1. The molecule has 0 spiro atoms. The van der Waals surface area contributed by atoms with E-state index in [4.69, 9.17) is 9.57 Å². The van der Waals surface area contributed by atoms with Gasteiger partial charge in [-0.15, -0.1) is 0 Å². The van der Waals surface area contributed by atoms with E-state index in [2.05, 4.69) is 27.1 Å². The predicted molar refractivity (Wildman–Crippen MR) is 120 cm³/mol. The van der Waals surface area contributed by atoms with E-state index in [0.29, 0.717) is 6.42 Å². The fourth-order valence-corrected chi connectivity index (χ4v) is 4.20. The van der Waals surface area contributed by atoms with Crippen LogP contribution in [0.15, 0.2) is 53.7 Å². The Hall–Kier alpha value is -3.13. The fraction of sp³-hybridized carbons (Fsp3) is 0.435. The van der Waals surface area contributed by atoms with Crippen LogP contribution >= 0.6 is 0 Å². The van der Waals surface area contributed by atoms with E-state index in [1.54, 1.807) is 19.2 Å². The van der Waals surface area contributed by atoms with Crippen molar-refractivity contribution in [3.8, 4) is 5.75 Å². The Balaban J connectivity index is 1.19. The number of nitro benzene ring substituents is 1. The largest absolute Gasteiger partial charge is 0.495 e. The summed E-state index contributed by atoms with van der Waals surface area (Å²) in [5.74, 6) is 0.925. The molecule has 8 nitrogen and oxygen atoms in total. The van der Waals surface area contributed by atoms with Gasteiger partial charge in [-0.25, -0.2) is 0 Å². The van der Waals surface area contributed by atoms with Crippen molar-refractivity contribution >= 4 is 17.1 Å². The maximum atomic E-state index is 11.0. The van der Waals surface area contributed by atoms with Crippen LogP contribution in [0, 0.1) is 10.1 Å². The second-order valence-corrected chi connectivity index (χ2v) is 7.92. The molecule has 2 aliphatic heterocycles. The number of methoxy groups -OCH3 is 1. The van der Waals surface area contributed by atoms with Crippen LogP contribution in [-0.2, 0) is 4.84 Å². The standard InChI is InChI=1S/C23H28N4O4/c1-30-23-10-3-2-9-22(23)26-14-12-25(13-15-26)11-5-8-20-17-21(24-31-20)18-6-4-7-19(16-18)27(28)29/h2-4,6-7,9-10,16,20H,5,8,11-15,17H2,1H3. The first-order valence-electron chi connectivity index (χ1n) is 10.7. The van der Waals surface area contributed by atoms with E-state index in [1.165, 1.54) is 6.07 Å². The highest BCUT2D eigenvalue weighted by molar-refractivity contribution is 6.01. The quantitative estimate of drug-likeness (QED) is 0.475. The zero-order chi connectivity index (χ0) is 21.6.